The minimum Gasteiger partial charge on any atom is -0.366 e. The molecule has 2 rings (SSSR count). The van der Waals surface area contributed by atoms with Gasteiger partial charge in [0.25, 0.3) is 0 Å². The minimum atomic E-state index is 0.163. The zero-order chi connectivity index (χ0) is 9.47. The summed E-state index contributed by atoms with van der Waals surface area (Å²) in [6, 6.07) is 2.79. The Morgan fingerprint density at radius 1 is 1.46 bits per heavy atom. The molecule has 2 N–H and O–H groups in total. The summed E-state index contributed by atoms with van der Waals surface area (Å²) in [5.74, 6) is 0.993. The van der Waals surface area contributed by atoms with E-state index in [4.69, 9.17) is 0 Å². The fraction of sp³-hybridized carbons (Fsp3) is 0.700. The van der Waals surface area contributed by atoms with E-state index < -0.39 is 0 Å². The third-order valence-corrected chi connectivity index (χ3v) is 2.32. The molecule has 3 nitrogen and oxygen atoms in total. The molecular weight excluding hydrogens is 162 g/mol. The highest BCUT2D eigenvalue weighted by Crippen LogP contribution is 2.26. The van der Waals surface area contributed by atoms with Gasteiger partial charge in [0.2, 0.25) is 0 Å². The first-order valence-electron chi connectivity index (χ1n) is 4.88. The number of hydrogen-bond acceptors (Lipinski definition) is 2. The highest BCUT2D eigenvalue weighted by molar-refractivity contribution is 5.39. The van der Waals surface area contributed by atoms with E-state index in [1.165, 1.54) is 18.5 Å². The Morgan fingerprint density at radius 2 is 2.15 bits per heavy atom. The highest BCUT2D eigenvalue weighted by Gasteiger charge is 2.23. The molecule has 1 aliphatic rings. The average molecular weight is 179 g/mol. The van der Waals surface area contributed by atoms with Crippen LogP contribution in [0, 0.1) is 0 Å². The molecule has 0 aromatic carbocycles. The van der Waals surface area contributed by atoms with E-state index in [1.807, 2.05) is 0 Å². The molecule has 0 saturated heterocycles. The number of aromatic amines is 1. The maximum Gasteiger partial charge on any atom is 0.148 e. The van der Waals surface area contributed by atoms with Gasteiger partial charge in [-0.2, -0.15) is 5.10 Å². The lowest BCUT2D eigenvalue weighted by Gasteiger charge is -2.14. The second-order valence-corrected chi connectivity index (χ2v) is 4.84. The van der Waals surface area contributed by atoms with Crippen LogP contribution in [0.2, 0.25) is 0 Å². The normalized spacial score (nSPS) is 17.5. The number of hydrogen-bond donors (Lipinski definition) is 2. The monoisotopic (exact) mass is 179 g/mol. The third kappa shape index (κ3) is 2.02. The summed E-state index contributed by atoms with van der Waals surface area (Å²) in [6.45, 7) is 6.55. The molecule has 72 valence electrons. The molecule has 1 heterocycles. The molecule has 13 heavy (non-hydrogen) atoms. The number of H-pyrrole nitrogens is 1. The molecular formula is C10H17N3. The van der Waals surface area contributed by atoms with Gasteiger partial charge in [-0.05, 0) is 12.8 Å². The zero-order valence-electron chi connectivity index (χ0n) is 8.52. The molecule has 1 aliphatic carbocycles. The van der Waals surface area contributed by atoms with Gasteiger partial charge in [0.05, 0.1) is 0 Å². The average Bonchev–Trinajstić information content (AvgIpc) is 2.63. The van der Waals surface area contributed by atoms with Crippen molar-refractivity contribution in [3.8, 4) is 0 Å². The molecule has 0 aliphatic heterocycles. The van der Waals surface area contributed by atoms with Crippen LogP contribution < -0.4 is 5.32 Å². The Bertz CT molecular complexity index is 291. The van der Waals surface area contributed by atoms with Gasteiger partial charge in [-0.1, -0.05) is 20.8 Å². The van der Waals surface area contributed by atoms with Crippen molar-refractivity contribution in [3.63, 3.8) is 0 Å². The van der Waals surface area contributed by atoms with Crippen molar-refractivity contribution in [1.29, 1.82) is 0 Å². The van der Waals surface area contributed by atoms with Gasteiger partial charge < -0.3 is 5.32 Å². The van der Waals surface area contributed by atoms with Crippen LogP contribution in [0.15, 0.2) is 6.07 Å². The predicted octanol–water partition coefficient (Wildman–Crippen LogP) is 2.28. The van der Waals surface area contributed by atoms with E-state index in [0.29, 0.717) is 6.04 Å². The van der Waals surface area contributed by atoms with E-state index >= 15 is 0 Å². The standard InChI is InChI=1S/C10H17N3/c1-10(2,3)8-6-9(13-12-8)11-7-4-5-7/h6-7H,4-5H2,1-3H3,(H2,11,12,13). The maximum atomic E-state index is 4.23. The fourth-order valence-corrected chi connectivity index (χ4v) is 1.22. The molecule has 0 radical (unpaired) electrons. The van der Waals surface area contributed by atoms with E-state index in [9.17, 15) is 0 Å². The first kappa shape index (κ1) is 8.60. The Morgan fingerprint density at radius 3 is 2.62 bits per heavy atom. The summed E-state index contributed by atoms with van der Waals surface area (Å²) < 4.78 is 0. The van der Waals surface area contributed by atoms with Gasteiger partial charge in [0, 0.05) is 23.2 Å². The predicted molar refractivity (Wildman–Crippen MR) is 53.9 cm³/mol. The Labute approximate surface area is 78.9 Å². The van der Waals surface area contributed by atoms with E-state index in [1.54, 1.807) is 0 Å². The molecule has 1 aromatic heterocycles. The molecule has 0 unspecified atom stereocenters. The number of anilines is 1. The lowest BCUT2D eigenvalue weighted by atomic mass is 9.92. The second kappa shape index (κ2) is 2.76. The van der Waals surface area contributed by atoms with Crippen molar-refractivity contribution in [3.05, 3.63) is 11.8 Å². The summed E-state index contributed by atoms with van der Waals surface area (Å²) in [4.78, 5) is 0. The van der Waals surface area contributed by atoms with Crippen LogP contribution in [0.25, 0.3) is 0 Å². The fourth-order valence-electron chi connectivity index (χ4n) is 1.22. The maximum absolute atomic E-state index is 4.23. The smallest absolute Gasteiger partial charge is 0.148 e. The van der Waals surface area contributed by atoms with Crippen LogP contribution in [-0.2, 0) is 5.41 Å². The topological polar surface area (TPSA) is 40.7 Å². The van der Waals surface area contributed by atoms with E-state index in [2.05, 4.69) is 42.4 Å². The number of nitrogens with zero attached hydrogens (tertiary/aromatic N) is 1. The molecule has 0 spiro atoms. The van der Waals surface area contributed by atoms with Gasteiger partial charge in [-0.3, -0.25) is 5.10 Å². The Hall–Kier alpha value is -0.990. The molecule has 0 atom stereocenters. The lowest BCUT2D eigenvalue weighted by molar-refractivity contribution is 0.567. The van der Waals surface area contributed by atoms with Crippen LogP contribution in [0.4, 0.5) is 5.82 Å². The molecule has 1 fully saturated rings. The van der Waals surface area contributed by atoms with Crippen molar-refractivity contribution in [1.82, 2.24) is 10.2 Å². The third-order valence-electron chi connectivity index (χ3n) is 2.32. The van der Waals surface area contributed by atoms with Crippen molar-refractivity contribution in [2.24, 2.45) is 0 Å². The summed E-state index contributed by atoms with van der Waals surface area (Å²) in [5.41, 5.74) is 1.35. The van der Waals surface area contributed by atoms with Crippen LogP contribution in [-0.4, -0.2) is 16.2 Å². The lowest BCUT2D eigenvalue weighted by Crippen LogP contribution is -2.11. The van der Waals surface area contributed by atoms with Crippen molar-refractivity contribution in [2.45, 2.75) is 45.1 Å². The van der Waals surface area contributed by atoms with Gasteiger partial charge in [-0.25, -0.2) is 0 Å². The van der Waals surface area contributed by atoms with Gasteiger partial charge in [0.1, 0.15) is 5.82 Å². The first-order chi connectivity index (χ1) is 6.05. The van der Waals surface area contributed by atoms with Crippen LogP contribution in [0.3, 0.4) is 0 Å². The van der Waals surface area contributed by atoms with Crippen molar-refractivity contribution in [2.75, 3.05) is 5.32 Å². The van der Waals surface area contributed by atoms with Crippen LogP contribution in [0.5, 0.6) is 0 Å². The summed E-state index contributed by atoms with van der Waals surface area (Å²) in [5, 5.41) is 10.7. The first-order valence-corrected chi connectivity index (χ1v) is 4.88. The van der Waals surface area contributed by atoms with Crippen molar-refractivity contribution >= 4 is 5.82 Å². The molecule has 1 saturated carbocycles. The molecule has 3 heteroatoms. The molecule has 1 aromatic rings. The Balaban J connectivity index is 2.08. The second-order valence-electron chi connectivity index (χ2n) is 4.84. The van der Waals surface area contributed by atoms with Crippen LogP contribution >= 0.6 is 0 Å². The minimum absolute atomic E-state index is 0.163. The molecule has 0 bridgehead atoms. The number of rotatable bonds is 2. The van der Waals surface area contributed by atoms with Crippen LogP contribution in [0.1, 0.15) is 39.3 Å². The summed E-state index contributed by atoms with van der Waals surface area (Å²) in [6.07, 6.45) is 2.58. The van der Waals surface area contributed by atoms with E-state index in [-0.39, 0.29) is 5.41 Å². The summed E-state index contributed by atoms with van der Waals surface area (Å²) in [7, 11) is 0. The molecule has 0 amide bonds. The summed E-state index contributed by atoms with van der Waals surface area (Å²) >= 11 is 0. The van der Waals surface area contributed by atoms with E-state index in [0.717, 1.165) is 5.82 Å². The number of nitrogens with one attached hydrogen (secondary N) is 2. The largest absolute Gasteiger partial charge is 0.366 e. The quantitative estimate of drug-likeness (QED) is 0.731. The zero-order valence-corrected chi connectivity index (χ0v) is 8.52. The van der Waals surface area contributed by atoms with Gasteiger partial charge in [0.15, 0.2) is 0 Å². The number of aromatic nitrogens is 2. The van der Waals surface area contributed by atoms with Crippen molar-refractivity contribution < 1.29 is 0 Å². The Kier molecular flexibility index (Phi) is 1.82. The SMILES string of the molecule is CC(C)(C)c1cc(NC2CC2)n[nH]1. The van der Waals surface area contributed by atoms with Gasteiger partial charge in [-0.15, -0.1) is 0 Å². The van der Waals surface area contributed by atoms with Gasteiger partial charge >= 0.3 is 0 Å². The highest BCUT2D eigenvalue weighted by atomic mass is 15.2.